The first-order valence-corrected chi connectivity index (χ1v) is 5.27. The molecule has 1 amide bonds. The standard InChI is InChI=1S/C12H19N3O/c1-6-11(16)15(5)8-9-7-10(14-13-9)12(2,3)4/h6-7H,1,8H2,2-5H3,(H,13,14). The molecule has 1 aromatic rings. The first-order chi connectivity index (χ1) is 7.34. The fraction of sp³-hybridized carbons (Fsp3) is 0.500. The Bertz CT molecular complexity index is 387. The maximum absolute atomic E-state index is 11.3. The monoisotopic (exact) mass is 221 g/mol. The average molecular weight is 221 g/mol. The van der Waals surface area contributed by atoms with E-state index in [4.69, 9.17) is 0 Å². The van der Waals surface area contributed by atoms with E-state index < -0.39 is 0 Å². The predicted octanol–water partition coefficient (Wildman–Crippen LogP) is 1.85. The van der Waals surface area contributed by atoms with Crippen LogP contribution in [0.2, 0.25) is 0 Å². The van der Waals surface area contributed by atoms with E-state index in [0.717, 1.165) is 11.4 Å². The minimum Gasteiger partial charge on any atom is -0.336 e. The minimum atomic E-state index is -0.0908. The second kappa shape index (κ2) is 4.51. The van der Waals surface area contributed by atoms with E-state index in [-0.39, 0.29) is 11.3 Å². The van der Waals surface area contributed by atoms with Crippen LogP contribution >= 0.6 is 0 Å². The number of carbonyl (C=O) groups excluding carboxylic acids is 1. The summed E-state index contributed by atoms with van der Waals surface area (Å²) in [6.45, 7) is 10.3. The Hall–Kier alpha value is -1.58. The zero-order valence-corrected chi connectivity index (χ0v) is 10.4. The van der Waals surface area contributed by atoms with Gasteiger partial charge in [-0.15, -0.1) is 0 Å². The van der Waals surface area contributed by atoms with E-state index in [9.17, 15) is 4.79 Å². The van der Waals surface area contributed by atoms with Crippen LogP contribution in [0.3, 0.4) is 0 Å². The van der Waals surface area contributed by atoms with Crippen molar-refractivity contribution >= 4 is 5.91 Å². The third-order valence-electron chi connectivity index (χ3n) is 2.36. The summed E-state index contributed by atoms with van der Waals surface area (Å²) in [4.78, 5) is 12.9. The number of nitrogens with one attached hydrogen (secondary N) is 1. The summed E-state index contributed by atoms with van der Waals surface area (Å²) in [5.41, 5.74) is 1.96. The summed E-state index contributed by atoms with van der Waals surface area (Å²) >= 11 is 0. The lowest BCUT2D eigenvalue weighted by molar-refractivity contribution is -0.125. The van der Waals surface area contributed by atoms with E-state index in [1.165, 1.54) is 6.08 Å². The van der Waals surface area contributed by atoms with Gasteiger partial charge < -0.3 is 4.90 Å². The molecule has 0 bridgehead atoms. The number of H-pyrrole nitrogens is 1. The number of aromatic amines is 1. The van der Waals surface area contributed by atoms with Crippen LogP contribution in [-0.2, 0) is 16.8 Å². The van der Waals surface area contributed by atoms with Gasteiger partial charge in [-0.25, -0.2) is 0 Å². The maximum atomic E-state index is 11.3. The third-order valence-corrected chi connectivity index (χ3v) is 2.36. The van der Waals surface area contributed by atoms with Crippen LogP contribution < -0.4 is 0 Å². The van der Waals surface area contributed by atoms with Crippen LogP contribution in [0.25, 0.3) is 0 Å². The average Bonchev–Trinajstić information content (AvgIpc) is 2.64. The lowest BCUT2D eigenvalue weighted by Crippen LogP contribution is -2.24. The van der Waals surface area contributed by atoms with E-state index >= 15 is 0 Å². The summed E-state index contributed by atoms with van der Waals surface area (Å²) in [5, 5.41) is 7.18. The second-order valence-corrected chi connectivity index (χ2v) is 4.93. The van der Waals surface area contributed by atoms with Gasteiger partial charge in [0, 0.05) is 12.5 Å². The normalized spacial score (nSPS) is 11.2. The fourth-order valence-corrected chi connectivity index (χ4v) is 1.32. The molecular weight excluding hydrogens is 202 g/mol. The molecule has 0 saturated heterocycles. The molecule has 1 rings (SSSR count). The Morgan fingerprint density at radius 1 is 1.62 bits per heavy atom. The van der Waals surface area contributed by atoms with Crippen molar-refractivity contribution in [1.29, 1.82) is 0 Å². The van der Waals surface area contributed by atoms with Gasteiger partial charge in [0.25, 0.3) is 0 Å². The highest BCUT2D eigenvalue weighted by Gasteiger charge is 2.17. The number of rotatable bonds is 3. The third kappa shape index (κ3) is 2.95. The molecule has 0 aliphatic heterocycles. The van der Waals surface area contributed by atoms with Crippen LogP contribution in [0.1, 0.15) is 32.2 Å². The van der Waals surface area contributed by atoms with Gasteiger partial charge in [-0.3, -0.25) is 9.89 Å². The molecule has 1 heterocycles. The largest absolute Gasteiger partial charge is 0.336 e. The number of hydrogen-bond acceptors (Lipinski definition) is 2. The lowest BCUT2D eigenvalue weighted by Gasteiger charge is -2.14. The molecule has 0 saturated carbocycles. The minimum absolute atomic E-state index is 0.0236. The summed E-state index contributed by atoms with van der Waals surface area (Å²) in [7, 11) is 1.74. The number of likely N-dealkylation sites (N-methyl/N-ethyl adjacent to an activating group) is 1. The second-order valence-electron chi connectivity index (χ2n) is 4.93. The molecule has 1 aromatic heterocycles. The van der Waals surface area contributed by atoms with Crippen molar-refractivity contribution in [3.63, 3.8) is 0 Å². The summed E-state index contributed by atoms with van der Waals surface area (Å²) in [5.74, 6) is -0.0908. The van der Waals surface area contributed by atoms with E-state index in [1.807, 2.05) is 6.07 Å². The molecule has 4 heteroatoms. The number of nitrogens with zero attached hydrogens (tertiary/aromatic N) is 2. The quantitative estimate of drug-likeness (QED) is 0.792. The Morgan fingerprint density at radius 3 is 2.69 bits per heavy atom. The first kappa shape index (κ1) is 12.5. The summed E-state index contributed by atoms with van der Waals surface area (Å²) in [6.07, 6.45) is 1.31. The number of amides is 1. The zero-order valence-electron chi connectivity index (χ0n) is 10.4. The van der Waals surface area contributed by atoms with Crippen molar-refractivity contribution in [3.8, 4) is 0 Å². The Labute approximate surface area is 96.3 Å². The molecule has 4 nitrogen and oxygen atoms in total. The van der Waals surface area contributed by atoms with Crippen molar-refractivity contribution < 1.29 is 4.79 Å². The van der Waals surface area contributed by atoms with Crippen molar-refractivity contribution in [3.05, 3.63) is 30.1 Å². The molecule has 1 N–H and O–H groups in total. The molecular formula is C12H19N3O. The fourth-order valence-electron chi connectivity index (χ4n) is 1.32. The van der Waals surface area contributed by atoms with Crippen molar-refractivity contribution in [2.24, 2.45) is 0 Å². The highest BCUT2D eigenvalue weighted by Crippen LogP contribution is 2.20. The predicted molar refractivity (Wildman–Crippen MR) is 64.0 cm³/mol. The molecule has 0 aliphatic carbocycles. The first-order valence-electron chi connectivity index (χ1n) is 5.27. The van der Waals surface area contributed by atoms with Gasteiger partial charge >= 0.3 is 0 Å². The molecule has 0 radical (unpaired) electrons. The van der Waals surface area contributed by atoms with Crippen LogP contribution in [0.5, 0.6) is 0 Å². The van der Waals surface area contributed by atoms with E-state index in [0.29, 0.717) is 6.54 Å². The smallest absolute Gasteiger partial charge is 0.246 e. The summed E-state index contributed by atoms with van der Waals surface area (Å²) in [6, 6.07) is 1.99. The number of carbonyl (C=O) groups is 1. The van der Waals surface area contributed by atoms with Crippen LogP contribution in [-0.4, -0.2) is 28.1 Å². The molecule has 0 aliphatic rings. The van der Waals surface area contributed by atoms with E-state index in [2.05, 4.69) is 37.5 Å². The van der Waals surface area contributed by atoms with Crippen LogP contribution in [0, 0.1) is 0 Å². The van der Waals surface area contributed by atoms with Gasteiger partial charge in [0.2, 0.25) is 5.91 Å². The van der Waals surface area contributed by atoms with Gasteiger partial charge in [-0.1, -0.05) is 27.4 Å². The van der Waals surface area contributed by atoms with Gasteiger partial charge in [0.05, 0.1) is 17.9 Å². The van der Waals surface area contributed by atoms with Crippen molar-refractivity contribution in [2.75, 3.05) is 7.05 Å². The van der Waals surface area contributed by atoms with Gasteiger partial charge in [-0.2, -0.15) is 5.10 Å². The van der Waals surface area contributed by atoms with Gasteiger partial charge in [0.15, 0.2) is 0 Å². The molecule has 0 fully saturated rings. The Morgan fingerprint density at radius 2 is 2.25 bits per heavy atom. The Balaban J connectivity index is 2.73. The maximum Gasteiger partial charge on any atom is 0.246 e. The molecule has 0 aromatic carbocycles. The van der Waals surface area contributed by atoms with Gasteiger partial charge in [-0.05, 0) is 12.1 Å². The summed E-state index contributed by atoms with van der Waals surface area (Å²) < 4.78 is 0. The lowest BCUT2D eigenvalue weighted by atomic mass is 9.92. The Kier molecular flexibility index (Phi) is 3.52. The molecule has 88 valence electrons. The van der Waals surface area contributed by atoms with Gasteiger partial charge in [0.1, 0.15) is 0 Å². The number of aromatic nitrogens is 2. The van der Waals surface area contributed by atoms with Crippen molar-refractivity contribution in [2.45, 2.75) is 32.7 Å². The topological polar surface area (TPSA) is 49.0 Å². The molecule has 0 atom stereocenters. The van der Waals surface area contributed by atoms with Crippen molar-refractivity contribution in [1.82, 2.24) is 15.1 Å². The molecule has 16 heavy (non-hydrogen) atoms. The number of hydrogen-bond donors (Lipinski definition) is 1. The highest BCUT2D eigenvalue weighted by atomic mass is 16.2. The highest BCUT2D eigenvalue weighted by molar-refractivity contribution is 5.86. The zero-order chi connectivity index (χ0) is 12.3. The van der Waals surface area contributed by atoms with Crippen LogP contribution in [0.4, 0.5) is 0 Å². The SMILES string of the molecule is C=CC(=O)N(C)Cc1cc(C(C)(C)C)n[nH]1. The van der Waals surface area contributed by atoms with E-state index in [1.54, 1.807) is 11.9 Å². The van der Waals surface area contributed by atoms with Crippen LogP contribution in [0.15, 0.2) is 18.7 Å². The molecule has 0 spiro atoms. The molecule has 0 unspecified atom stereocenters.